The second-order valence-corrected chi connectivity index (χ2v) is 4.36. The maximum atomic E-state index is 11.8. The molecule has 1 saturated heterocycles. The van der Waals surface area contributed by atoms with Crippen LogP contribution in [0, 0.1) is 5.92 Å². The van der Waals surface area contributed by atoms with Gasteiger partial charge in [0, 0.05) is 18.7 Å². The molecule has 6 nitrogen and oxygen atoms in total. The highest BCUT2D eigenvalue weighted by Crippen LogP contribution is 2.26. The van der Waals surface area contributed by atoms with Crippen LogP contribution in [-0.4, -0.2) is 40.1 Å². The third-order valence-electron chi connectivity index (χ3n) is 2.25. The lowest BCUT2D eigenvalue weighted by molar-refractivity contribution is -0.141. The maximum Gasteiger partial charge on any atom is 0.261 e. The van der Waals surface area contributed by atoms with Gasteiger partial charge in [-0.25, -0.2) is 0 Å². The Balaban J connectivity index is 2.25. The minimum atomic E-state index is -1.01. The number of nitrogens with zero attached hydrogens (tertiary/aromatic N) is 2. The van der Waals surface area contributed by atoms with Crippen molar-refractivity contribution in [1.82, 2.24) is 4.90 Å². The van der Waals surface area contributed by atoms with E-state index in [1.807, 2.05) is 0 Å². The molecule has 0 bridgehead atoms. The van der Waals surface area contributed by atoms with Crippen LogP contribution in [0.4, 0.5) is 0 Å². The van der Waals surface area contributed by atoms with Gasteiger partial charge in [-0.15, -0.1) is 0 Å². The van der Waals surface area contributed by atoms with Crippen molar-refractivity contribution in [2.45, 2.75) is 6.42 Å². The molecule has 3 amide bonds. The summed E-state index contributed by atoms with van der Waals surface area (Å²) in [6, 6.07) is 0. The van der Waals surface area contributed by atoms with Crippen molar-refractivity contribution in [3.63, 3.8) is 0 Å². The van der Waals surface area contributed by atoms with Gasteiger partial charge in [0.15, 0.2) is 5.17 Å². The van der Waals surface area contributed by atoms with E-state index in [-0.39, 0.29) is 12.3 Å². The number of aliphatic imine (C=N–C) groups is 1. The van der Waals surface area contributed by atoms with Crippen LogP contribution in [0.3, 0.4) is 0 Å². The minimum Gasteiger partial charge on any atom is -0.370 e. The van der Waals surface area contributed by atoms with Gasteiger partial charge in [0.05, 0.1) is 0 Å². The van der Waals surface area contributed by atoms with E-state index in [1.165, 1.54) is 16.7 Å². The summed E-state index contributed by atoms with van der Waals surface area (Å²) >= 11 is 1.37. The van der Waals surface area contributed by atoms with Crippen molar-refractivity contribution < 1.29 is 14.4 Å². The second-order valence-electron chi connectivity index (χ2n) is 3.29. The van der Waals surface area contributed by atoms with E-state index in [0.29, 0.717) is 11.7 Å². The first-order valence-corrected chi connectivity index (χ1v) is 5.43. The number of thioether (sulfide) groups is 1. The van der Waals surface area contributed by atoms with Crippen LogP contribution in [-0.2, 0) is 14.4 Å². The number of rotatable bonds is 2. The summed E-state index contributed by atoms with van der Waals surface area (Å²) in [7, 11) is 0. The number of carbonyl (C=O) groups is 3. The molecule has 0 saturated carbocycles. The summed E-state index contributed by atoms with van der Waals surface area (Å²) in [4.78, 5) is 39.1. The molecule has 2 rings (SSSR count). The molecule has 1 fully saturated rings. The van der Waals surface area contributed by atoms with Crippen molar-refractivity contribution in [3.05, 3.63) is 0 Å². The number of amides is 3. The standard InChI is InChI=1S/C8H9N3O3S/c9-5(12)3-4-6(13)10-8-11(7(4)14)1-2-15-8/h4H,1-3H2,(H2,9,12). The summed E-state index contributed by atoms with van der Waals surface area (Å²) in [6.07, 6.45) is -0.254. The van der Waals surface area contributed by atoms with Crippen LogP contribution in [0.25, 0.3) is 0 Å². The Morgan fingerprint density at radius 3 is 3.00 bits per heavy atom. The quantitative estimate of drug-likeness (QED) is 0.609. The first-order valence-electron chi connectivity index (χ1n) is 4.44. The van der Waals surface area contributed by atoms with E-state index in [0.717, 1.165) is 5.75 Å². The number of hydrogen-bond acceptors (Lipinski definition) is 4. The van der Waals surface area contributed by atoms with Crippen LogP contribution < -0.4 is 5.73 Å². The average Bonchev–Trinajstić information content (AvgIpc) is 2.59. The molecule has 0 spiro atoms. The maximum absolute atomic E-state index is 11.8. The molecule has 0 aromatic rings. The van der Waals surface area contributed by atoms with Crippen molar-refractivity contribution in [2.75, 3.05) is 12.3 Å². The first kappa shape index (κ1) is 10.2. The minimum absolute atomic E-state index is 0.254. The van der Waals surface area contributed by atoms with E-state index in [4.69, 9.17) is 5.73 Å². The SMILES string of the molecule is NC(=O)CC1C(=O)N=C2SCCN2C1=O. The normalized spacial score (nSPS) is 25.2. The molecule has 0 aromatic carbocycles. The molecule has 2 aliphatic heterocycles. The summed E-state index contributed by atoms with van der Waals surface area (Å²) in [5.41, 5.74) is 4.97. The molecule has 2 N–H and O–H groups in total. The monoisotopic (exact) mass is 227 g/mol. The summed E-state index contributed by atoms with van der Waals surface area (Å²) in [6.45, 7) is 0.547. The lowest BCUT2D eigenvalue weighted by Gasteiger charge is -2.24. The Hall–Kier alpha value is -1.37. The molecule has 80 valence electrons. The Kier molecular flexibility index (Phi) is 2.47. The predicted molar refractivity (Wildman–Crippen MR) is 53.9 cm³/mol. The topological polar surface area (TPSA) is 92.8 Å². The third kappa shape index (κ3) is 1.74. The largest absolute Gasteiger partial charge is 0.370 e. The number of carbonyl (C=O) groups excluding carboxylic acids is 3. The summed E-state index contributed by atoms with van der Waals surface area (Å²) in [5, 5.41) is 0.450. The fourth-order valence-electron chi connectivity index (χ4n) is 1.54. The van der Waals surface area contributed by atoms with Crippen molar-refractivity contribution in [1.29, 1.82) is 0 Å². The highest BCUT2D eigenvalue weighted by molar-refractivity contribution is 8.14. The van der Waals surface area contributed by atoms with E-state index in [1.54, 1.807) is 0 Å². The van der Waals surface area contributed by atoms with Crippen molar-refractivity contribution in [2.24, 2.45) is 16.6 Å². The van der Waals surface area contributed by atoms with Gasteiger partial charge in [-0.3, -0.25) is 19.3 Å². The molecule has 0 aliphatic carbocycles. The molecule has 2 aliphatic rings. The Bertz CT molecular complexity index is 379. The van der Waals surface area contributed by atoms with Gasteiger partial charge < -0.3 is 5.73 Å². The third-order valence-corrected chi connectivity index (χ3v) is 3.21. The Morgan fingerprint density at radius 1 is 1.60 bits per heavy atom. The fourth-order valence-corrected chi connectivity index (χ4v) is 2.49. The van der Waals surface area contributed by atoms with E-state index in [2.05, 4.69) is 4.99 Å². The molecule has 15 heavy (non-hydrogen) atoms. The molecular formula is C8H9N3O3S. The van der Waals surface area contributed by atoms with Crippen molar-refractivity contribution in [3.8, 4) is 0 Å². The lowest BCUT2D eigenvalue weighted by atomic mass is 10.0. The number of amidine groups is 1. The van der Waals surface area contributed by atoms with Gasteiger partial charge in [0.25, 0.3) is 5.91 Å². The van der Waals surface area contributed by atoms with Gasteiger partial charge in [-0.1, -0.05) is 11.8 Å². The van der Waals surface area contributed by atoms with Crippen LogP contribution >= 0.6 is 11.8 Å². The molecular weight excluding hydrogens is 218 g/mol. The first-order chi connectivity index (χ1) is 7.09. The molecule has 0 radical (unpaired) electrons. The van der Waals surface area contributed by atoms with Crippen LogP contribution in [0.15, 0.2) is 4.99 Å². The zero-order valence-corrected chi connectivity index (χ0v) is 8.62. The van der Waals surface area contributed by atoms with Crippen LogP contribution in [0.2, 0.25) is 0 Å². The zero-order chi connectivity index (χ0) is 11.0. The highest BCUT2D eigenvalue weighted by atomic mass is 32.2. The van der Waals surface area contributed by atoms with Gasteiger partial charge in [0.2, 0.25) is 11.8 Å². The van der Waals surface area contributed by atoms with Gasteiger partial charge in [0.1, 0.15) is 5.92 Å². The fraction of sp³-hybridized carbons (Fsp3) is 0.500. The molecule has 1 unspecified atom stereocenters. The van der Waals surface area contributed by atoms with Crippen LogP contribution in [0.1, 0.15) is 6.42 Å². The molecule has 1 atom stereocenters. The average molecular weight is 227 g/mol. The van der Waals surface area contributed by atoms with E-state index < -0.39 is 17.7 Å². The Morgan fingerprint density at radius 2 is 2.33 bits per heavy atom. The molecule has 0 aromatic heterocycles. The summed E-state index contributed by atoms with van der Waals surface area (Å²) in [5.74, 6) is -1.84. The lowest BCUT2D eigenvalue weighted by Crippen LogP contribution is -2.45. The number of fused-ring (bicyclic) bond motifs is 1. The highest BCUT2D eigenvalue weighted by Gasteiger charge is 2.40. The number of hydrogen-bond donors (Lipinski definition) is 1. The summed E-state index contributed by atoms with van der Waals surface area (Å²) < 4.78 is 0. The molecule has 2 heterocycles. The zero-order valence-electron chi connectivity index (χ0n) is 7.80. The smallest absolute Gasteiger partial charge is 0.261 e. The van der Waals surface area contributed by atoms with Crippen LogP contribution in [0.5, 0.6) is 0 Å². The van der Waals surface area contributed by atoms with E-state index >= 15 is 0 Å². The van der Waals surface area contributed by atoms with Gasteiger partial charge in [-0.05, 0) is 0 Å². The Labute approximate surface area is 89.9 Å². The van der Waals surface area contributed by atoms with Crippen molar-refractivity contribution >= 4 is 34.7 Å². The second kappa shape index (κ2) is 3.65. The number of nitrogens with two attached hydrogens (primary N) is 1. The number of primary amides is 1. The van der Waals surface area contributed by atoms with E-state index in [9.17, 15) is 14.4 Å². The van der Waals surface area contributed by atoms with Gasteiger partial charge in [-0.2, -0.15) is 4.99 Å². The molecule has 7 heteroatoms. The van der Waals surface area contributed by atoms with Gasteiger partial charge >= 0.3 is 0 Å². The predicted octanol–water partition coefficient (Wildman–Crippen LogP) is -1.05.